The Morgan fingerprint density at radius 1 is 0.762 bits per heavy atom. The molecule has 2 rings (SSSR count). The molecule has 0 aliphatic heterocycles. The van der Waals surface area contributed by atoms with Crippen molar-refractivity contribution in [3.05, 3.63) is 60.2 Å². The van der Waals surface area contributed by atoms with Gasteiger partial charge < -0.3 is 9.47 Å². The molecule has 2 aromatic heterocycles. The highest BCUT2D eigenvalue weighted by molar-refractivity contribution is 5.89. The highest BCUT2D eigenvalue weighted by atomic mass is 16.5. The fraction of sp³-hybridized carbons (Fsp3) is 0.200. The molecule has 108 valence electrons. The first-order valence-corrected chi connectivity index (χ1v) is 6.41. The lowest BCUT2D eigenvalue weighted by molar-refractivity contribution is 0.0396. The second kappa shape index (κ2) is 7.74. The number of hydrogen-bond donors (Lipinski definition) is 0. The Balaban J connectivity index is 1.64. The number of carbonyl (C=O) groups excluding carboxylic acids is 2. The summed E-state index contributed by atoms with van der Waals surface area (Å²) in [6.07, 6.45) is 6.52. The topological polar surface area (TPSA) is 78.4 Å². The number of esters is 2. The maximum absolute atomic E-state index is 11.6. The Morgan fingerprint density at radius 3 is 1.52 bits per heavy atom. The van der Waals surface area contributed by atoms with Gasteiger partial charge in [-0.1, -0.05) is 0 Å². The maximum Gasteiger partial charge on any atom is 0.338 e. The van der Waals surface area contributed by atoms with E-state index in [-0.39, 0.29) is 13.2 Å². The van der Waals surface area contributed by atoms with Crippen LogP contribution in [0, 0.1) is 0 Å². The molecule has 0 aromatic carbocycles. The predicted octanol–water partition coefficient (Wildman–Crippen LogP) is 1.88. The second-order valence-corrected chi connectivity index (χ2v) is 4.10. The summed E-state index contributed by atoms with van der Waals surface area (Å²) in [6, 6.07) is 6.30. The van der Waals surface area contributed by atoms with E-state index >= 15 is 0 Å². The molecule has 0 atom stereocenters. The van der Waals surface area contributed by atoms with Crippen molar-refractivity contribution in [2.45, 2.75) is 6.42 Å². The van der Waals surface area contributed by atoms with Gasteiger partial charge in [-0.05, 0) is 24.3 Å². The fourth-order valence-electron chi connectivity index (χ4n) is 1.53. The zero-order valence-electron chi connectivity index (χ0n) is 11.3. The molecule has 0 fully saturated rings. The van der Waals surface area contributed by atoms with Gasteiger partial charge in [0, 0.05) is 31.2 Å². The molecule has 2 aromatic rings. The van der Waals surface area contributed by atoms with Crippen LogP contribution in [-0.4, -0.2) is 35.1 Å². The van der Waals surface area contributed by atoms with Crippen LogP contribution in [0.1, 0.15) is 27.1 Å². The molecule has 6 heteroatoms. The molecule has 0 radical (unpaired) electrons. The van der Waals surface area contributed by atoms with Crippen molar-refractivity contribution < 1.29 is 19.1 Å². The monoisotopic (exact) mass is 286 g/mol. The van der Waals surface area contributed by atoms with Crippen LogP contribution in [-0.2, 0) is 9.47 Å². The van der Waals surface area contributed by atoms with E-state index in [4.69, 9.17) is 9.47 Å². The minimum Gasteiger partial charge on any atom is -0.462 e. The third-order valence-corrected chi connectivity index (χ3v) is 2.59. The fourth-order valence-corrected chi connectivity index (χ4v) is 1.53. The van der Waals surface area contributed by atoms with E-state index in [0.717, 1.165) is 0 Å². The number of pyridine rings is 2. The van der Waals surface area contributed by atoms with Crippen LogP contribution in [0.5, 0.6) is 0 Å². The van der Waals surface area contributed by atoms with Gasteiger partial charge in [-0.3, -0.25) is 9.97 Å². The van der Waals surface area contributed by atoms with E-state index in [1.165, 1.54) is 24.8 Å². The largest absolute Gasteiger partial charge is 0.462 e. The molecule has 21 heavy (non-hydrogen) atoms. The molecule has 0 spiro atoms. The Morgan fingerprint density at radius 2 is 1.14 bits per heavy atom. The highest BCUT2D eigenvalue weighted by Gasteiger charge is 2.07. The zero-order valence-corrected chi connectivity index (χ0v) is 11.3. The Kier molecular flexibility index (Phi) is 5.40. The van der Waals surface area contributed by atoms with Crippen LogP contribution < -0.4 is 0 Å². The standard InChI is InChI=1S/C15H14N2O4/c18-14(12-2-6-16-7-3-12)20-10-1-11-21-15(19)13-4-8-17-9-5-13/h2-9H,1,10-11H2. The highest BCUT2D eigenvalue weighted by Crippen LogP contribution is 2.02. The van der Waals surface area contributed by atoms with Crippen LogP contribution in [0.3, 0.4) is 0 Å². The van der Waals surface area contributed by atoms with Gasteiger partial charge in [0.05, 0.1) is 24.3 Å². The number of nitrogens with zero attached hydrogens (tertiary/aromatic N) is 2. The van der Waals surface area contributed by atoms with Gasteiger partial charge in [0.25, 0.3) is 0 Å². The van der Waals surface area contributed by atoms with Crippen LogP contribution >= 0.6 is 0 Å². The first kappa shape index (κ1) is 14.6. The van der Waals surface area contributed by atoms with Gasteiger partial charge in [0.1, 0.15) is 0 Å². The average molecular weight is 286 g/mol. The van der Waals surface area contributed by atoms with Crippen molar-refractivity contribution in [1.29, 1.82) is 0 Å². The number of rotatable bonds is 6. The van der Waals surface area contributed by atoms with Crippen molar-refractivity contribution in [3.63, 3.8) is 0 Å². The van der Waals surface area contributed by atoms with E-state index < -0.39 is 11.9 Å². The van der Waals surface area contributed by atoms with E-state index in [0.29, 0.717) is 17.5 Å². The minimum absolute atomic E-state index is 0.185. The molecule has 0 unspecified atom stereocenters. The Hall–Kier alpha value is -2.76. The second-order valence-electron chi connectivity index (χ2n) is 4.10. The Labute approximate surface area is 121 Å². The first-order valence-electron chi connectivity index (χ1n) is 6.41. The molecule has 6 nitrogen and oxygen atoms in total. The smallest absolute Gasteiger partial charge is 0.338 e. The van der Waals surface area contributed by atoms with E-state index in [2.05, 4.69) is 9.97 Å². The van der Waals surface area contributed by atoms with Gasteiger partial charge in [-0.2, -0.15) is 0 Å². The van der Waals surface area contributed by atoms with Crippen LogP contribution in [0.2, 0.25) is 0 Å². The molecule has 0 amide bonds. The van der Waals surface area contributed by atoms with Gasteiger partial charge in [0.15, 0.2) is 0 Å². The van der Waals surface area contributed by atoms with Crippen LogP contribution in [0.15, 0.2) is 49.1 Å². The number of aromatic nitrogens is 2. The Bertz CT molecular complexity index is 534. The molecular formula is C15H14N2O4. The average Bonchev–Trinajstić information content (AvgIpc) is 2.55. The normalized spacial score (nSPS) is 9.90. The summed E-state index contributed by atoms with van der Waals surface area (Å²) in [5.74, 6) is -0.837. The first-order chi connectivity index (χ1) is 10.3. The SMILES string of the molecule is O=C(OCCCOC(=O)c1ccncc1)c1ccncc1. The summed E-state index contributed by atoms with van der Waals surface area (Å²) in [5.41, 5.74) is 0.887. The molecule has 0 saturated heterocycles. The van der Waals surface area contributed by atoms with E-state index in [9.17, 15) is 9.59 Å². The summed E-state index contributed by atoms with van der Waals surface area (Å²) in [7, 11) is 0. The minimum atomic E-state index is -0.419. The quantitative estimate of drug-likeness (QED) is 0.596. The van der Waals surface area contributed by atoms with E-state index in [1.54, 1.807) is 24.3 Å². The van der Waals surface area contributed by atoms with Gasteiger partial charge in [-0.15, -0.1) is 0 Å². The summed E-state index contributed by atoms with van der Waals surface area (Å²) < 4.78 is 10.1. The van der Waals surface area contributed by atoms with Crippen molar-refractivity contribution in [2.75, 3.05) is 13.2 Å². The lowest BCUT2D eigenvalue weighted by Crippen LogP contribution is -2.11. The third kappa shape index (κ3) is 4.68. The molecule has 0 aliphatic rings. The molecule has 0 bridgehead atoms. The van der Waals surface area contributed by atoms with Crippen LogP contribution in [0.25, 0.3) is 0 Å². The lowest BCUT2D eigenvalue weighted by atomic mass is 10.3. The number of hydrogen-bond acceptors (Lipinski definition) is 6. The molecule has 0 N–H and O–H groups in total. The zero-order chi connectivity index (χ0) is 14.9. The van der Waals surface area contributed by atoms with Gasteiger partial charge in [-0.25, -0.2) is 9.59 Å². The van der Waals surface area contributed by atoms with Crippen LogP contribution in [0.4, 0.5) is 0 Å². The predicted molar refractivity (Wildman–Crippen MR) is 73.7 cm³/mol. The number of ether oxygens (including phenoxy) is 2. The number of carbonyl (C=O) groups is 2. The summed E-state index contributed by atoms with van der Waals surface area (Å²) in [5, 5.41) is 0. The molecule has 0 aliphatic carbocycles. The molecule has 0 saturated carbocycles. The van der Waals surface area contributed by atoms with Crippen molar-refractivity contribution in [2.24, 2.45) is 0 Å². The summed E-state index contributed by atoms with van der Waals surface area (Å²) in [4.78, 5) is 30.8. The lowest BCUT2D eigenvalue weighted by Gasteiger charge is -2.06. The summed E-state index contributed by atoms with van der Waals surface area (Å²) >= 11 is 0. The van der Waals surface area contributed by atoms with Gasteiger partial charge >= 0.3 is 11.9 Å². The maximum atomic E-state index is 11.6. The molecule has 2 heterocycles. The molecular weight excluding hydrogens is 272 g/mol. The van der Waals surface area contributed by atoms with Crippen molar-refractivity contribution in [1.82, 2.24) is 9.97 Å². The van der Waals surface area contributed by atoms with Crippen molar-refractivity contribution >= 4 is 11.9 Å². The van der Waals surface area contributed by atoms with Gasteiger partial charge in [0.2, 0.25) is 0 Å². The third-order valence-electron chi connectivity index (χ3n) is 2.59. The van der Waals surface area contributed by atoms with Crippen molar-refractivity contribution in [3.8, 4) is 0 Å². The van der Waals surface area contributed by atoms with E-state index in [1.807, 2.05) is 0 Å². The summed E-state index contributed by atoms with van der Waals surface area (Å²) in [6.45, 7) is 0.371.